The molecule has 1 aliphatic carbocycles. The zero-order valence-corrected chi connectivity index (χ0v) is 10.6. The number of hydrogen-bond donors (Lipinski definition) is 1. The maximum absolute atomic E-state index is 11.2. The Morgan fingerprint density at radius 2 is 2.12 bits per heavy atom. The Kier molecular flexibility index (Phi) is 2.40. The summed E-state index contributed by atoms with van der Waals surface area (Å²) in [6, 6.07) is 7.43. The van der Waals surface area contributed by atoms with E-state index >= 15 is 0 Å². The number of pyridine rings is 1. The van der Waals surface area contributed by atoms with E-state index < -0.39 is 5.97 Å². The lowest BCUT2D eigenvalue weighted by atomic mass is 10.1. The smallest absolute Gasteiger partial charge is 0.337 e. The molecule has 0 amide bonds. The zero-order chi connectivity index (χ0) is 12.0. The maximum Gasteiger partial charge on any atom is 0.337 e. The van der Waals surface area contributed by atoms with Crippen molar-refractivity contribution in [3.05, 3.63) is 40.0 Å². The van der Waals surface area contributed by atoms with Gasteiger partial charge in [0.05, 0.1) is 16.8 Å². The molecule has 2 aromatic rings. The first-order valence-corrected chi connectivity index (χ1v) is 6.28. The minimum atomic E-state index is -0.885. The predicted octanol–water partition coefficient (Wildman–Crippen LogP) is 3.57. The molecule has 0 unspecified atom stereocenters. The summed E-state index contributed by atoms with van der Waals surface area (Å²) in [6.07, 6.45) is 2.10. The van der Waals surface area contributed by atoms with Crippen molar-refractivity contribution in [3.63, 3.8) is 0 Å². The first kappa shape index (κ1) is 10.7. The van der Waals surface area contributed by atoms with E-state index in [9.17, 15) is 9.90 Å². The van der Waals surface area contributed by atoms with Crippen LogP contribution in [-0.4, -0.2) is 16.1 Å². The number of carboxylic acid groups (broad SMARTS) is 1. The summed E-state index contributed by atoms with van der Waals surface area (Å²) in [4.78, 5) is 15.7. The molecule has 0 atom stereocenters. The number of rotatable bonds is 2. The largest absolute Gasteiger partial charge is 0.478 e. The van der Waals surface area contributed by atoms with E-state index in [0.29, 0.717) is 11.5 Å². The predicted molar refractivity (Wildman–Crippen MR) is 68.4 cm³/mol. The van der Waals surface area contributed by atoms with Crippen molar-refractivity contribution in [1.29, 1.82) is 0 Å². The highest BCUT2D eigenvalue weighted by Gasteiger charge is 2.30. The minimum absolute atomic E-state index is 0.337. The molecule has 4 heteroatoms. The molecule has 0 bridgehead atoms. The molecule has 0 radical (unpaired) electrons. The quantitative estimate of drug-likeness (QED) is 0.920. The third-order valence-corrected chi connectivity index (χ3v) is 3.50. The molecule has 1 aromatic carbocycles. The SMILES string of the molecule is O=C(O)c1cc2ccc(Br)cc2nc1C1CC1. The fourth-order valence-electron chi connectivity index (χ4n) is 1.99. The van der Waals surface area contributed by atoms with E-state index in [1.807, 2.05) is 18.2 Å². The number of aromatic nitrogens is 1. The van der Waals surface area contributed by atoms with Crippen LogP contribution in [0.1, 0.15) is 34.8 Å². The third-order valence-electron chi connectivity index (χ3n) is 3.00. The number of carbonyl (C=O) groups is 1. The lowest BCUT2D eigenvalue weighted by molar-refractivity contribution is 0.0695. The van der Waals surface area contributed by atoms with Crippen LogP contribution in [0, 0.1) is 0 Å². The van der Waals surface area contributed by atoms with Crippen LogP contribution in [0.3, 0.4) is 0 Å². The molecular formula is C13H10BrNO2. The molecule has 0 saturated heterocycles. The summed E-state index contributed by atoms with van der Waals surface area (Å²) >= 11 is 3.40. The molecule has 1 saturated carbocycles. The number of aromatic carboxylic acids is 1. The van der Waals surface area contributed by atoms with Crippen molar-refractivity contribution in [2.24, 2.45) is 0 Å². The number of benzene rings is 1. The Balaban J connectivity index is 2.28. The van der Waals surface area contributed by atoms with Crippen LogP contribution in [0.25, 0.3) is 10.9 Å². The monoisotopic (exact) mass is 291 g/mol. The molecule has 1 fully saturated rings. The Hall–Kier alpha value is -1.42. The fourth-order valence-corrected chi connectivity index (χ4v) is 2.34. The molecule has 1 aromatic heterocycles. The molecule has 1 N–H and O–H groups in total. The maximum atomic E-state index is 11.2. The van der Waals surface area contributed by atoms with Gasteiger partial charge in [0, 0.05) is 15.8 Å². The van der Waals surface area contributed by atoms with Gasteiger partial charge >= 0.3 is 5.97 Å². The lowest BCUT2D eigenvalue weighted by Crippen LogP contribution is -2.04. The first-order valence-electron chi connectivity index (χ1n) is 5.48. The Bertz CT molecular complexity index is 620. The summed E-state index contributed by atoms with van der Waals surface area (Å²) in [7, 11) is 0. The molecule has 17 heavy (non-hydrogen) atoms. The van der Waals surface area contributed by atoms with E-state index in [2.05, 4.69) is 20.9 Å². The van der Waals surface area contributed by atoms with E-state index in [1.165, 1.54) is 0 Å². The number of halogens is 1. The molecule has 3 nitrogen and oxygen atoms in total. The summed E-state index contributed by atoms with van der Waals surface area (Å²) in [6.45, 7) is 0. The van der Waals surface area contributed by atoms with Gasteiger partial charge < -0.3 is 5.11 Å². The molecule has 86 valence electrons. The molecule has 3 rings (SSSR count). The topological polar surface area (TPSA) is 50.2 Å². The molecule has 1 aliphatic rings. The fraction of sp³-hybridized carbons (Fsp3) is 0.231. The van der Waals surface area contributed by atoms with E-state index in [4.69, 9.17) is 0 Å². The first-order chi connectivity index (χ1) is 8.15. The Morgan fingerprint density at radius 3 is 2.76 bits per heavy atom. The minimum Gasteiger partial charge on any atom is -0.478 e. The average molecular weight is 292 g/mol. The van der Waals surface area contributed by atoms with Crippen molar-refractivity contribution in [2.45, 2.75) is 18.8 Å². The number of nitrogens with zero attached hydrogens (tertiary/aromatic N) is 1. The second-order valence-corrected chi connectivity index (χ2v) is 5.25. The number of fused-ring (bicyclic) bond motifs is 1. The van der Waals surface area contributed by atoms with Crippen LogP contribution in [-0.2, 0) is 0 Å². The summed E-state index contributed by atoms with van der Waals surface area (Å²) in [5, 5.41) is 10.1. The van der Waals surface area contributed by atoms with Crippen molar-refractivity contribution >= 4 is 32.8 Å². The van der Waals surface area contributed by atoms with Gasteiger partial charge in [-0.25, -0.2) is 4.79 Å². The van der Waals surface area contributed by atoms with Crippen LogP contribution in [0.2, 0.25) is 0 Å². The number of carboxylic acids is 1. The van der Waals surface area contributed by atoms with Gasteiger partial charge in [-0.15, -0.1) is 0 Å². The second kappa shape index (κ2) is 3.81. The average Bonchev–Trinajstić information content (AvgIpc) is 3.10. The van der Waals surface area contributed by atoms with Gasteiger partial charge in [-0.05, 0) is 31.0 Å². The van der Waals surface area contributed by atoms with E-state index in [-0.39, 0.29) is 0 Å². The van der Waals surface area contributed by atoms with Crippen LogP contribution in [0.5, 0.6) is 0 Å². The Morgan fingerprint density at radius 1 is 1.35 bits per heavy atom. The van der Waals surface area contributed by atoms with Crippen LogP contribution in [0.15, 0.2) is 28.7 Å². The normalized spacial score (nSPS) is 15.1. The zero-order valence-electron chi connectivity index (χ0n) is 8.98. The number of hydrogen-bond acceptors (Lipinski definition) is 2. The summed E-state index contributed by atoms with van der Waals surface area (Å²) < 4.78 is 0.960. The highest BCUT2D eigenvalue weighted by molar-refractivity contribution is 9.10. The lowest BCUT2D eigenvalue weighted by Gasteiger charge is -2.06. The highest BCUT2D eigenvalue weighted by Crippen LogP contribution is 2.41. The van der Waals surface area contributed by atoms with Gasteiger partial charge in [-0.2, -0.15) is 0 Å². The summed E-state index contributed by atoms with van der Waals surface area (Å²) in [5.41, 5.74) is 1.94. The molecule has 0 aliphatic heterocycles. The van der Waals surface area contributed by atoms with Crippen molar-refractivity contribution in [1.82, 2.24) is 4.98 Å². The third kappa shape index (κ3) is 1.93. The van der Waals surface area contributed by atoms with Gasteiger partial charge in [0.1, 0.15) is 0 Å². The molecule has 1 heterocycles. The van der Waals surface area contributed by atoms with Crippen molar-refractivity contribution in [3.8, 4) is 0 Å². The summed E-state index contributed by atoms with van der Waals surface area (Å²) in [5.74, 6) is -0.547. The van der Waals surface area contributed by atoms with E-state index in [0.717, 1.165) is 33.9 Å². The Labute approximate surface area is 107 Å². The van der Waals surface area contributed by atoms with Gasteiger partial charge in [-0.3, -0.25) is 4.98 Å². The molecule has 0 spiro atoms. The van der Waals surface area contributed by atoms with Gasteiger partial charge in [0.15, 0.2) is 0 Å². The standard InChI is InChI=1S/C13H10BrNO2/c14-9-4-3-8-5-10(13(16)17)12(7-1-2-7)15-11(8)6-9/h3-7H,1-2H2,(H,16,17). The molecular weight excluding hydrogens is 282 g/mol. The van der Waals surface area contributed by atoms with Crippen LogP contribution >= 0.6 is 15.9 Å². The van der Waals surface area contributed by atoms with Crippen LogP contribution < -0.4 is 0 Å². The van der Waals surface area contributed by atoms with Gasteiger partial charge in [0.2, 0.25) is 0 Å². The van der Waals surface area contributed by atoms with Crippen molar-refractivity contribution in [2.75, 3.05) is 0 Å². The van der Waals surface area contributed by atoms with Crippen LogP contribution in [0.4, 0.5) is 0 Å². The highest BCUT2D eigenvalue weighted by atomic mass is 79.9. The van der Waals surface area contributed by atoms with E-state index in [1.54, 1.807) is 6.07 Å². The van der Waals surface area contributed by atoms with Crippen molar-refractivity contribution < 1.29 is 9.90 Å². The van der Waals surface area contributed by atoms with Gasteiger partial charge in [-0.1, -0.05) is 22.0 Å². The van der Waals surface area contributed by atoms with Gasteiger partial charge in [0.25, 0.3) is 0 Å². The second-order valence-electron chi connectivity index (χ2n) is 4.34.